The van der Waals surface area contributed by atoms with Crippen molar-refractivity contribution in [1.82, 2.24) is 4.98 Å². The monoisotopic (exact) mass is 282 g/mol. The summed E-state index contributed by atoms with van der Waals surface area (Å²) in [5.41, 5.74) is 0. The summed E-state index contributed by atoms with van der Waals surface area (Å²) in [4.78, 5) is 22.0. The Labute approximate surface area is 106 Å². The van der Waals surface area contributed by atoms with Crippen molar-refractivity contribution in [3.8, 4) is 0 Å². The number of imidazole rings is 1. The van der Waals surface area contributed by atoms with E-state index in [1.807, 2.05) is 23.9 Å². The van der Waals surface area contributed by atoms with E-state index in [0.717, 1.165) is 12.4 Å². The molecular formula is C10H13F3N2O4. The fourth-order valence-corrected chi connectivity index (χ4v) is 1.09. The van der Waals surface area contributed by atoms with Crippen molar-refractivity contribution in [3.05, 3.63) is 18.2 Å². The molecular weight excluding hydrogens is 269 g/mol. The molecule has 1 aromatic heterocycles. The number of aromatic amines is 1. The molecule has 19 heavy (non-hydrogen) atoms. The molecule has 0 fully saturated rings. The van der Waals surface area contributed by atoms with Crippen LogP contribution < -0.4 is 9.67 Å². The van der Waals surface area contributed by atoms with Gasteiger partial charge in [-0.25, -0.2) is 9.55 Å². The first-order chi connectivity index (χ1) is 8.64. The zero-order valence-electron chi connectivity index (χ0n) is 10.0. The molecule has 0 aromatic carbocycles. The lowest BCUT2D eigenvalue weighted by Gasteiger charge is -2.03. The van der Waals surface area contributed by atoms with Crippen molar-refractivity contribution in [2.75, 3.05) is 0 Å². The highest BCUT2D eigenvalue weighted by atomic mass is 19.4. The van der Waals surface area contributed by atoms with E-state index in [0.29, 0.717) is 6.42 Å². The van der Waals surface area contributed by atoms with E-state index in [-0.39, 0.29) is 6.42 Å². The molecule has 0 aliphatic rings. The maximum atomic E-state index is 10.5. The van der Waals surface area contributed by atoms with E-state index in [9.17, 15) is 18.0 Å². The van der Waals surface area contributed by atoms with E-state index in [4.69, 9.17) is 15.0 Å². The van der Waals surface area contributed by atoms with Gasteiger partial charge in [-0.1, -0.05) is 0 Å². The van der Waals surface area contributed by atoms with E-state index in [1.54, 1.807) is 0 Å². The normalized spacial score (nSPS) is 10.5. The van der Waals surface area contributed by atoms with Gasteiger partial charge >= 0.3 is 12.1 Å². The number of nitrogens with one attached hydrogen (secondary N) is 1. The minimum absolute atomic E-state index is 0.234. The van der Waals surface area contributed by atoms with Gasteiger partial charge in [0.25, 0.3) is 5.82 Å². The van der Waals surface area contributed by atoms with Gasteiger partial charge in [-0.05, 0) is 6.42 Å². The zero-order chi connectivity index (χ0) is 15.1. The number of hydrogen-bond acceptors (Lipinski definition) is 3. The molecule has 1 heterocycles. The third-order valence-electron chi connectivity index (χ3n) is 2.00. The third-order valence-corrected chi connectivity index (χ3v) is 2.00. The van der Waals surface area contributed by atoms with Crippen molar-refractivity contribution in [2.45, 2.75) is 32.5 Å². The first-order valence-corrected chi connectivity index (χ1v) is 5.18. The number of carbonyl (C=O) groups excluding carboxylic acids is 1. The van der Waals surface area contributed by atoms with Gasteiger partial charge in [-0.15, -0.1) is 0 Å². The molecule has 0 radical (unpaired) electrons. The van der Waals surface area contributed by atoms with E-state index in [1.165, 1.54) is 0 Å². The Hall–Kier alpha value is -2.06. The number of H-pyrrole nitrogens is 1. The van der Waals surface area contributed by atoms with Crippen LogP contribution in [0.5, 0.6) is 0 Å². The van der Waals surface area contributed by atoms with Crippen LogP contribution in [0.15, 0.2) is 12.4 Å². The lowest BCUT2D eigenvalue weighted by molar-refractivity contribution is -0.701. The molecule has 1 aromatic rings. The molecule has 108 valence electrons. The summed E-state index contributed by atoms with van der Waals surface area (Å²) >= 11 is 0. The lowest BCUT2D eigenvalue weighted by atomic mass is 10.3. The van der Waals surface area contributed by atoms with Crippen LogP contribution in [0.3, 0.4) is 0 Å². The van der Waals surface area contributed by atoms with E-state index < -0.39 is 18.1 Å². The van der Waals surface area contributed by atoms with Gasteiger partial charge in [-0.3, -0.25) is 4.79 Å². The standard InChI is InChI=1S/C8H12N2O2.C2HF3O2/c1-7-9-4-6-10(7)5-2-3-8(11)12;3-2(4,5)1(6)7/h4,6H,2-3,5H2,1H3,(H,11,12);(H,6,7). The average Bonchev–Trinajstić information content (AvgIpc) is 2.63. The predicted molar refractivity (Wildman–Crippen MR) is 53.7 cm³/mol. The minimum Gasteiger partial charge on any atom is -0.542 e. The van der Waals surface area contributed by atoms with Gasteiger partial charge in [0.05, 0.1) is 6.54 Å². The SMILES string of the molecule is Cc1[nH]cc[n+]1CCCC(=O)O.O=C([O-])C(F)(F)F. The maximum Gasteiger partial charge on any atom is 0.430 e. The molecule has 0 atom stereocenters. The Kier molecular flexibility index (Phi) is 6.59. The molecule has 0 amide bonds. The van der Waals surface area contributed by atoms with Crippen molar-refractivity contribution in [2.24, 2.45) is 0 Å². The molecule has 0 aliphatic heterocycles. The summed E-state index contributed by atoms with van der Waals surface area (Å²) in [6.45, 7) is 2.72. The molecule has 9 heteroatoms. The maximum absolute atomic E-state index is 10.5. The first-order valence-electron chi connectivity index (χ1n) is 5.18. The van der Waals surface area contributed by atoms with Gasteiger partial charge in [0.2, 0.25) is 0 Å². The highest BCUT2D eigenvalue weighted by Crippen LogP contribution is 2.11. The highest BCUT2D eigenvalue weighted by Gasteiger charge is 2.28. The summed E-state index contributed by atoms with van der Waals surface area (Å²) in [5.74, 6) is -2.68. The van der Waals surface area contributed by atoms with Crippen LogP contribution >= 0.6 is 0 Å². The van der Waals surface area contributed by atoms with Gasteiger partial charge in [0.15, 0.2) is 0 Å². The van der Waals surface area contributed by atoms with Crippen LogP contribution in [0.1, 0.15) is 18.7 Å². The van der Waals surface area contributed by atoms with Crippen LogP contribution in [0.4, 0.5) is 13.2 Å². The zero-order valence-corrected chi connectivity index (χ0v) is 10.0. The number of nitrogens with zero attached hydrogens (tertiary/aromatic N) is 1. The van der Waals surface area contributed by atoms with Crippen molar-refractivity contribution >= 4 is 11.9 Å². The highest BCUT2D eigenvalue weighted by molar-refractivity contribution is 5.70. The van der Waals surface area contributed by atoms with Crippen molar-refractivity contribution in [3.63, 3.8) is 0 Å². The van der Waals surface area contributed by atoms with E-state index >= 15 is 0 Å². The average molecular weight is 282 g/mol. The number of aromatic nitrogens is 2. The smallest absolute Gasteiger partial charge is 0.430 e. The molecule has 0 bridgehead atoms. The summed E-state index contributed by atoms with van der Waals surface area (Å²) in [5, 5.41) is 17.2. The van der Waals surface area contributed by atoms with Crippen LogP contribution in [-0.2, 0) is 16.1 Å². The molecule has 0 spiro atoms. The van der Waals surface area contributed by atoms with Crippen LogP contribution in [0.25, 0.3) is 0 Å². The molecule has 2 N–H and O–H groups in total. The van der Waals surface area contributed by atoms with Gasteiger partial charge in [0, 0.05) is 13.3 Å². The summed E-state index contributed by atoms with van der Waals surface area (Å²) in [6.07, 6.45) is -0.524. The second kappa shape index (κ2) is 7.39. The second-order valence-corrected chi connectivity index (χ2v) is 3.52. The number of carboxylic acid groups (broad SMARTS) is 2. The Morgan fingerprint density at radius 1 is 1.47 bits per heavy atom. The van der Waals surface area contributed by atoms with Crippen LogP contribution in [-0.4, -0.2) is 28.2 Å². The Morgan fingerprint density at radius 3 is 2.32 bits per heavy atom. The summed E-state index contributed by atoms with van der Waals surface area (Å²) in [6, 6.07) is 0. The third kappa shape index (κ3) is 7.79. The number of carbonyl (C=O) groups is 2. The van der Waals surface area contributed by atoms with Crippen molar-refractivity contribution < 1.29 is 37.5 Å². The predicted octanol–water partition coefficient (Wildman–Crippen LogP) is -0.226. The number of halogens is 3. The molecule has 0 unspecified atom stereocenters. The molecule has 0 saturated heterocycles. The largest absolute Gasteiger partial charge is 0.542 e. The number of rotatable bonds is 4. The van der Waals surface area contributed by atoms with Gasteiger partial charge < -0.3 is 15.0 Å². The Bertz CT molecular complexity index is 429. The summed E-state index contributed by atoms with van der Waals surface area (Å²) in [7, 11) is 0. The fourth-order valence-electron chi connectivity index (χ4n) is 1.09. The molecule has 1 rings (SSSR count). The Balaban J connectivity index is 0.000000399. The molecule has 0 aliphatic carbocycles. The quantitative estimate of drug-likeness (QED) is 0.746. The number of carboxylic acids is 2. The number of alkyl halides is 3. The van der Waals surface area contributed by atoms with Crippen LogP contribution in [0.2, 0.25) is 0 Å². The Morgan fingerprint density at radius 2 is 2.00 bits per heavy atom. The van der Waals surface area contributed by atoms with Gasteiger partial charge in [0.1, 0.15) is 18.4 Å². The second-order valence-electron chi connectivity index (χ2n) is 3.52. The lowest BCUT2D eigenvalue weighted by Crippen LogP contribution is -2.37. The van der Waals surface area contributed by atoms with Crippen molar-refractivity contribution in [1.29, 1.82) is 0 Å². The van der Waals surface area contributed by atoms with Crippen LogP contribution in [0, 0.1) is 6.92 Å². The topological polar surface area (TPSA) is 97.1 Å². The number of aliphatic carboxylic acids is 2. The number of hydrogen-bond donors (Lipinski definition) is 2. The molecule has 0 saturated carbocycles. The number of aryl methyl sites for hydroxylation is 2. The summed E-state index contributed by atoms with van der Waals surface area (Å²) < 4.78 is 33.6. The molecule has 6 nitrogen and oxygen atoms in total. The fraction of sp³-hybridized carbons (Fsp3) is 0.500. The minimum atomic E-state index is -5.19. The first kappa shape index (κ1) is 16.9. The van der Waals surface area contributed by atoms with Gasteiger partial charge in [-0.2, -0.15) is 13.2 Å². The van der Waals surface area contributed by atoms with E-state index in [2.05, 4.69) is 4.98 Å².